The van der Waals surface area contributed by atoms with Crippen molar-refractivity contribution >= 4 is 17.5 Å². The number of benzene rings is 2. The molecule has 1 atom stereocenters. The van der Waals surface area contributed by atoms with Crippen LogP contribution in [0.4, 0.5) is 0 Å². The van der Waals surface area contributed by atoms with Crippen molar-refractivity contribution in [2.45, 2.75) is 18.9 Å². The highest BCUT2D eigenvalue weighted by Crippen LogP contribution is 2.38. The normalized spacial score (nSPS) is 17.9. The van der Waals surface area contributed by atoms with Crippen molar-refractivity contribution < 1.29 is 19.0 Å². The molecule has 1 saturated heterocycles. The summed E-state index contributed by atoms with van der Waals surface area (Å²) in [5.74, 6) is 1.76. The molecule has 144 valence electrons. The molecule has 2 heterocycles. The van der Waals surface area contributed by atoms with Crippen LogP contribution in [0, 0.1) is 11.3 Å². The molecule has 0 spiro atoms. The van der Waals surface area contributed by atoms with Crippen LogP contribution in [0.2, 0.25) is 5.02 Å². The fraction of sp³-hybridized carbons (Fsp3) is 0.333. The van der Waals surface area contributed by atoms with E-state index in [1.807, 2.05) is 29.2 Å². The van der Waals surface area contributed by atoms with Crippen LogP contribution in [0.3, 0.4) is 0 Å². The van der Waals surface area contributed by atoms with Crippen molar-refractivity contribution in [2.75, 3.05) is 26.4 Å². The second-order valence-electron chi connectivity index (χ2n) is 6.69. The van der Waals surface area contributed by atoms with Gasteiger partial charge in [-0.1, -0.05) is 17.7 Å². The Labute approximate surface area is 168 Å². The number of hydrogen-bond donors (Lipinski definition) is 0. The van der Waals surface area contributed by atoms with Crippen LogP contribution in [-0.4, -0.2) is 37.2 Å². The lowest BCUT2D eigenvalue weighted by Gasteiger charge is -2.26. The summed E-state index contributed by atoms with van der Waals surface area (Å²) in [7, 11) is 0. The number of ether oxygens (including phenoxy) is 3. The molecule has 6 nitrogen and oxygen atoms in total. The zero-order valence-electron chi connectivity index (χ0n) is 15.2. The highest BCUT2D eigenvalue weighted by molar-refractivity contribution is 6.32. The average molecular weight is 399 g/mol. The van der Waals surface area contributed by atoms with Crippen LogP contribution < -0.4 is 14.2 Å². The molecule has 4 rings (SSSR count). The summed E-state index contributed by atoms with van der Waals surface area (Å²) < 4.78 is 16.8. The maximum Gasteiger partial charge on any atom is 0.261 e. The molecule has 1 amide bonds. The molecule has 0 saturated carbocycles. The van der Waals surface area contributed by atoms with Crippen LogP contribution in [0.15, 0.2) is 36.4 Å². The third kappa shape index (κ3) is 3.71. The third-order valence-electron chi connectivity index (χ3n) is 4.94. The molecule has 1 unspecified atom stereocenters. The van der Waals surface area contributed by atoms with E-state index in [-0.39, 0.29) is 18.6 Å². The molecule has 2 aliphatic heterocycles. The largest absolute Gasteiger partial charge is 0.486 e. The number of carbonyl (C=O) groups is 1. The standard InChI is InChI=1S/C21H19ClN2O4/c22-16-10-14(12-23)3-5-18(16)28-13-21(25)24-7-1-2-17(24)15-4-6-19-20(11-15)27-9-8-26-19/h3-6,10-11,17H,1-2,7-9,13H2. The Morgan fingerprint density at radius 1 is 1.21 bits per heavy atom. The molecule has 0 aromatic heterocycles. The summed E-state index contributed by atoms with van der Waals surface area (Å²) in [6, 6.07) is 12.6. The van der Waals surface area contributed by atoms with Gasteiger partial charge in [0.15, 0.2) is 18.1 Å². The van der Waals surface area contributed by atoms with Gasteiger partial charge in [0, 0.05) is 6.54 Å². The molecule has 0 aliphatic carbocycles. The Balaban J connectivity index is 1.44. The molecule has 2 aliphatic rings. The SMILES string of the molecule is N#Cc1ccc(OCC(=O)N2CCCC2c2ccc3c(c2)OCCO3)c(Cl)c1. The molecule has 2 aromatic rings. The number of fused-ring (bicyclic) bond motifs is 1. The quantitative estimate of drug-likeness (QED) is 0.784. The Morgan fingerprint density at radius 3 is 2.82 bits per heavy atom. The summed E-state index contributed by atoms with van der Waals surface area (Å²) in [5, 5.41) is 9.22. The van der Waals surface area contributed by atoms with Gasteiger partial charge in [0.25, 0.3) is 5.91 Å². The van der Waals surface area contributed by atoms with E-state index in [2.05, 4.69) is 0 Å². The van der Waals surface area contributed by atoms with Gasteiger partial charge >= 0.3 is 0 Å². The van der Waals surface area contributed by atoms with E-state index >= 15 is 0 Å². The lowest BCUT2D eigenvalue weighted by atomic mass is 10.0. The number of hydrogen-bond acceptors (Lipinski definition) is 5. The van der Waals surface area contributed by atoms with E-state index in [1.165, 1.54) is 6.07 Å². The second-order valence-corrected chi connectivity index (χ2v) is 7.10. The van der Waals surface area contributed by atoms with Crippen molar-refractivity contribution in [2.24, 2.45) is 0 Å². The number of amides is 1. The lowest BCUT2D eigenvalue weighted by Crippen LogP contribution is -2.34. The lowest BCUT2D eigenvalue weighted by molar-refractivity contribution is -0.134. The van der Waals surface area contributed by atoms with E-state index in [9.17, 15) is 4.79 Å². The number of carbonyl (C=O) groups excluding carboxylic acids is 1. The van der Waals surface area contributed by atoms with E-state index in [4.69, 9.17) is 31.1 Å². The van der Waals surface area contributed by atoms with Crippen LogP contribution in [0.25, 0.3) is 0 Å². The topological polar surface area (TPSA) is 71.8 Å². The smallest absolute Gasteiger partial charge is 0.261 e. The summed E-state index contributed by atoms with van der Waals surface area (Å²) in [6.07, 6.45) is 1.82. The first-order valence-electron chi connectivity index (χ1n) is 9.17. The maximum absolute atomic E-state index is 12.8. The Bertz CT molecular complexity index is 940. The van der Waals surface area contributed by atoms with Crippen molar-refractivity contribution in [3.63, 3.8) is 0 Å². The van der Waals surface area contributed by atoms with Crippen molar-refractivity contribution in [3.05, 3.63) is 52.5 Å². The highest BCUT2D eigenvalue weighted by Gasteiger charge is 2.31. The van der Waals surface area contributed by atoms with E-state index < -0.39 is 0 Å². The number of rotatable bonds is 4. The van der Waals surface area contributed by atoms with Gasteiger partial charge in [0.2, 0.25) is 0 Å². The third-order valence-corrected chi connectivity index (χ3v) is 5.23. The van der Waals surface area contributed by atoms with Crippen LogP contribution in [0.1, 0.15) is 30.0 Å². The molecule has 7 heteroatoms. The summed E-state index contributed by atoms with van der Waals surface area (Å²) >= 11 is 6.12. The van der Waals surface area contributed by atoms with Gasteiger partial charge in [-0.2, -0.15) is 5.26 Å². The van der Waals surface area contributed by atoms with Gasteiger partial charge in [0.1, 0.15) is 19.0 Å². The minimum absolute atomic E-state index is 0.0108. The van der Waals surface area contributed by atoms with Crippen LogP contribution in [-0.2, 0) is 4.79 Å². The zero-order valence-corrected chi connectivity index (χ0v) is 15.9. The maximum atomic E-state index is 12.8. The molecule has 0 bridgehead atoms. The van der Waals surface area contributed by atoms with Gasteiger partial charge in [-0.3, -0.25) is 4.79 Å². The highest BCUT2D eigenvalue weighted by atomic mass is 35.5. The van der Waals surface area contributed by atoms with Gasteiger partial charge in [-0.05, 0) is 48.7 Å². The molecule has 0 radical (unpaired) electrons. The predicted octanol–water partition coefficient (Wildman–Crippen LogP) is 3.73. The average Bonchev–Trinajstić information content (AvgIpc) is 3.22. The molecular formula is C21H19ClN2O4. The summed E-state index contributed by atoms with van der Waals surface area (Å²) in [4.78, 5) is 14.6. The fourth-order valence-electron chi connectivity index (χ4n) is 3.59. The number of nitriles is 1. The van der Waals surface area contributed by atoms with Gasteiger partial charge < -0.3 is 19.1 Å². The van der Waals surface area contributed by atoms with E-state index in [1.54, 1.807) is 12.1 Å². The monoisotopic (exact) mass is 398 g/mol. The first kappa shape index (κ1) is 18.5. The molecule has 2 aromatic carbocycles. The minimum atomic E-state index is -0.104. The zero-order chi connectivity index (χ0) is 19.5. The van der Waals surface area contributed by atoms with E-state index in [0.29, 0.717) is 36.1 Å². The fourth-order valence-corrected chi connectivity index (χ4v) is 3.82. The van der Waals surface area contributed by atoms with Crippen molar-refractivity contribution in [3.8, 4) is 23.3 Å². The Morgan fingerprint density at radius 2 is 2.04 bits per heavy atom. The summed E-state index contributed by atoms with van der Waals surface area (Å²) in [6.45, 7) is 1.66. The first-order valence-corrected chi connectivity index (χ1v) is 9.55. The van der Waals surface area contributed by atoms with Gasteiger partial charge in [-0.15, -0.1) is 0 Å². The number of likely N-dealkylation sites (tertiary alicyclic amines) is 1. The van der Waals surface area contributed by atoms with E-state index in [0.717, 1.165) is 29.9 Å². The summed E-state index contributed by atoms with van der Waals surface area (Å²) in [5.41, 5.74) is 1.48. The molecule has 28 heavy (non-hydrogen) atoms. The minimum Gasteiger partial charge on any atom is -0.486 e. The second kappa shape index (κ2) is 7.99. The predicted molar refractivity (Wildman–Crippen MR) is 103 cm³/mol. The van der Waals surface area contributed by atoms with Crippen LogP contribution in [0.5, 0.6) is 17.2 Å². The van der Waals surface area contributed by atoms with Crippen molar-refractivity contribution in [1.82, 2.24) is 4.90 Å². The first-order chi connectivity index (χ1) is 13.7. The van der Waals surface area contributed by atoms with Gasteiger partial charge in [-0.25, -0.2) is 0 Å². The van der Waals surface area contributed by atoms with Gasteiger partial charge in [0.05, 0.1) is 22.7 Å². The molecular weight excluding hydrogens is 380 g/mol. The molecule has 1 fully saturated rings. The van der Waals surface area contributed by atoms with Crippen molar-refractivity contribution in [1.29, 1.82) is 5.26 Å². The molecule has 0 N–H and O–H groups in total. The Hall–Kier alpha value is -2.91. The van der Waals surface area contributed by atoms with Crippen LogP contribution >= 0.6 is 11.6 Å². The number of halogens is 1. The Kier molecular flexibility index (Phi) is 5.27. The number of nitrogens with zero attached hydrogens (tertiary/aromatic N) is 2.